The Morgan fingerprint density at radius 1 is 1.44 bits per heavy atom. The maximum atomic E-state index is 9.11. The monoisotopic (exact) mass is 247 g/mol. The van der Waals surface area contributed by atoms with E-state index in [1.165, 1.54) is 5.56 Å². The van der Waals surface area contributed by atoms with Gasteiger partial charge in [0, 0.05) is 30.5 Å². The minimum Gasteiger partial charge on any atom is -0.396 e. The van der Waals surface area contributed by atoms with Gasteiger partial charge in [0.15, 0.2) is 0 Å². The zero-order chi connectivity index (χ0) is 13.0. The molecule has 2 rings (SSSR count). The number of hydrogen-bond donors (Lipinski definition) is 2. The van der Waals surface area contributed by atoms with Crippen LogP contribution in [0.1, 0.15) is 32.3 Å². The normalized spacial score (nSPS) is 14.8. The highest BCUT2D eigenvalue weighted by molar-refractivity contribution is 5.53. The number of aliphatic hydroxyl groups is 1. The highest BCUT2D eigenvalue weighted by Gasteiger charge is 2.20. The topological polar surface area (TPSA) is 49.6 Å². The van der Waals surface area contributed by atoms with Crippen LogP contribution in [0.25, 0.3) is 5.52 Å². The van der Waals surface area contributed by atoms with Gasteiger partial charge in [0.25, 0.3) is 0 Å². The van der Waals surface area contributed by atoms with E-state index in [1.54, 1.807) is 0 Å². The van der Waals surface area contributed by atoms with Crippen molar-refractivity contribution in [2.24, 2.45) is 0 Å². The summed E-state index contributed by atoms with van der Waals surface area (Å²) >= 11 is 0. The Hall–Kier alpha value is -1.39. The Labute approximate surface area is 108 Å². The summed E-state index contributed by atoms with van der Waals surface area (Å²) in [6.45, 7) is 5.28. The third-order valence-electron chi connectivity index (χ3n) is 3.66. The number of fused-ring (bicyclic) bond motifs is 1. The van der Waals surface area contributed by atoms with Crippen LogP contribution in [0.5, 0.6) is 0 Å². The van der Waals surface area contributed by atoms with E-state index >= 15 is 0 Å². The molecule has 4 heteroatoms. The van der Waals surface area contributed by atoms with Crippen LogP contribution in [0.2, 0.25) is 0 Å². The van der Waals surface area contributed by atoms with Gasteiger partial charge in [-0.05, 0) is 31.9 Å². The van der Waals surface area contributed by atoms with Gasteiger partial charge in [-0.1, -0.05) is 13.0 Å². The molecule has 0 aliphatic heterocycles. The fourth-order valence-corrected chi connectivity index (χ4v) is 2.07. The molecule has 98 valence electrons. The molecule has 2 heterocycles. The summed E-state index contributed by atoms with van der Waals surface area (Å²) in [6, 6.07) is 6.06. The maximum Gasteiger partial charge on any atom is 0.0706 e. The van der Waals surface area contributed by atoms with Crippen molar-refractivity contribution >= 4 is 5.52 Å². The average molecular weight is 247 g/mol. The lowest BCUT2D eigenvalue weighted by molar-refractivity contribution is 0.214. The molecule has 1 atom stereocenters. The molecule has 0 saturated carbocycles. The van der Waals surface area contributed by atoms with E-state index < -0.39 is 0 Å². The Morgan fingerprint density at radius 3 is 3.00 bits per heavy atom. The van der Waals surface area contributed by atoms with Gasteiger partial charge in [-0.15, -0.1) is 0 Å². The first-order valence-electron chi connectivity index (χ1n) is 6.45. The summed E-state index contributed by atoms with van der Waals surface area (Å²) in [5, 5.41) is 17.0. The van der Waals surface area contributed by atoms with E-state index in [-0.39, 0.29) is 12.1 Å². The number of aliphatic hydroxyl groups excluding tert-OH is 1. The molecule has 0 aliphatic rings. The molecule has 1 unspecified atom stereocenters. The van der Waals surface area contributed by atoms with Crippen LogP contribution in [0, 0.1) is 0 Å². The van der Waals surface area contributed by atoms with E-state index in [2.05, 4.69) is 30.3 Å². The van der Waals surface area contributed by atoms with Crippen molar-refractivity contribution in [3.05, 3.63) is 36.2 Å². The van der Waals surface area contributed by atoms with Crippen LogP contribution in [0.15, 0.2) is 30.6 Å². The maximum absolute atomic E-state index is 9.11. The molecular weight excluding hydrogens is 226 g/mol. The van der Waals surface area contributed by atoms with Crippen LogP contribution >= 0.6 is 0 Å². The number of hydrogen-bond acceptors (Lipinski definition) is 3. The van der Waals surface area contributed by atoms with E-state index in [0.717, 1.165) is 24.9 Å². The second-order valence-corrected chi connectivity index (χ2v) is 4.94. The Bertz CT molecular complexity index is 508. The summed E-state index contributed by atoms with van der Waals surface area (Å²) < 4.78 is 1.88. The molecule has 0 saturated heterocycles. The first kappa shape index (κ1) is 13.1. The number of nitrogens with zero attached hydrogens (tertiary/aromatic N) is 2. The van der Waals surface area contributed by atoms with Crippen LogP contribution in [-0.4, -0.2) is 26.9 Å². The molecule has 0 spiro atoms. The number of aromatic nitrogens is 2. The predicted octanol–water partition coefficient (Wildman–Crippen LogP) is 1.97. The van der Waals surface area contributed by atoms with Crippen LogP contribution < -0.4 is 5.32 Å². The zero-order valence-electron chi connectivity index (χ0n) is 11.1. The van der Waals surface area contributed by atoms with Crippen molar-refractivity contribution in [1.29, 1.82) is 0 Å². The van der Waals surface area contributed by atoms with Gasteiger partial charge in [-0.2, -0.15) is 5.10 Å². The van der Waals surface area contributed by atoms with E-state index in [9.17, 15) is 0 Å². The molecule has 2 aromatic rings. The van der Waals surface area contributed by atoms with Crippen molar-refractivity contribution in [3.63, 3.8) is 0 Å². The summed E-state index contributed by atoms with van der Waals surface area (Å²) in [4.78, 5) is 0. The SMILES string of the molecule is CCC(C)(CCO)NCc1cnn2ccccc12. The van der Waals surface area contributed by atoms with Gasteiger partial charge in [0.1, 0.15) is 0 Å². The molecule has 0 amide bonds. The van der Waals surface area contributed by atoms with Gasteiger partial charge >= 0.3 is 0 Å². The molecule has 0 radical (unpaired) electrons. The van der Waals surface area contributed by atoms with E-state index in [1.807, 2.05) is 29.0 Å². The summed E-state index contributed by atoms with van der Waals surface area (Å²) in [5.74, 6) is 0. The van der Waals surface area contributed by atoms with Gasteiger partial charge in [-0.25, -0.2) is 4.52 Å². The summed E-state index contributed by atoms with van der Waals surface area (Å²) in [5.41, 5.74) is 2.30. The van der Waals surface area contributed by atoms with Crippen molar-refractivity contribution < 1.29 is 5.11 Å². The molecule has 18 heavy (non-hydrogen) atoms. The lowest BCUT2D eigenvalue weighted by atomic mass is 9.94. The first-order valence-corrected chi connectivity index (χ1v) is 6.45. The molecule has 4 nitrogen and oxygen atoms in total. The first-order chi connectivity index (χ1) is 8.68. The standard InChI is InChI=1S/C14H21N3O/c1-3-14(2,7-9-18)15-10-12-11-16-17-8-5-4-6-13(12)17/h4-6,8,11,15,18H,3,7,9-10H2,1-2H3. The minimum absolute atomic E-state index is 0.0161. The average Bonchev–Trinajstić information content (AvgIpc) is 2.80. The number of rotatable bonds is 6. The van der Waals surface area contributed by atoms with Gasteiger partial charge in [0.05, 0.1) is 11.7 Å². The van der Waals surface area contributed by atoms with Gasteiger partial charge in [0.2, 0.25) is 0 Å². The van der Waals surface area contributed by atoms with E-state index in [0.29, 0.717) is 0 Å². The molecule has 0 aliphatic carbocycles. The Balaban J connectivity index is 2.10. The summed E-state index contributed by atoms with van der Waals surface area (Å²) in [6.07, 6.45) is 5.61. The van der Waals surface area contributed by atoms with Crippen molar-refractivity contribution in [3.8, 4) is 0 Å². The minimum atomic E-state index is -0.0161. The molecule has 2 N–H and O–H groups in total. The molecule has 2 aromatic heterocycles. The molecule has 0 bridgehead atoms. The van der Waals surface area contributed by atoms with E-state index in [4.69, 9.17) is 5.11 Å². The third kappa shape index (κ3) is 2.71. The quantitative estimate of drug-likeness (QED) is 0.820. The third-order valence-corrected chi connectivity index (χ3v) is 3.66. The van der Waals surface area contributed by atoms with Crippen LogP contribution in [0.3, 0.4) is 0 Å². The Kier molecular flexibility index (Phi) is 3.99. The zero-order valence-corrected chi connectivity index (χ0v) is 11.1. The van der Waals surface area contributed by atoms with Crippen molar-refractivity contribution in [2.45, 2.75) is 38.8 Å². The van der Waals surface area contributed by atoms with Gasteiger partial charge < -0.3 is 10.4 Å². The Morgan fingerprint density at radius 2 is 2.28 bits per heavy atom. The fourth-order valence-electron chi connectivity index (χ4n) is 2.07. The largest absolute Gasteiger partial charge is 0.396 e. The summed E-state index contributed by atoms with van der Waals surface area (Å²) in [7, 11) is 0. The highest BCUT2D eigenvalue weighted by atomic mass is 16.3. The molecule has 0 fully saturated rings. The second kappa shape index (κ2) is 5.50. The smallest absolute Gasteiger partial charge is 0.0706 e. The molecule has 0 aromatic carbocycles. The molecular formula is C14H21N3O. The lowest BCUT2D eigenvalue weighted by Crippen LogP contribution is -2.42. The fraction of sp³-hybridized carbons (Fsp3) is 0.500. The second-order valence-electron chi connectivity index (χ2n) is 4.94. The highest BCUT2D eigenvalue weighted by Crippen LogP contribution is 2.16. The van der Waals surface area contributed by atoms with Crippen molar-refractivity contribution in [2.75, 3.05) is 6.61 Å². The van der Waals surface area contributed by atoms with Crippen LogP contribution in [-0.2, 0) is 6.54 Å². The number of pyridine rings is 1. The number of nitrogens with one attached hydrogen (secondary N) is 1. The lowest BCUT2D eigenvalue weighted by Gasteiger charge is -2.29. The van der Waals surface area contributed by atoms with Gasteiger partial charge in [-0.3, -0.25) is 0 Å². The van der Waals surface area contributed by atoms with Crippen LogP contribution in [0.4, 0.5) is 0 Å². The predicted molar refractivity (Wildman–Crippen MR) is 72.4 cm³/mol. The van der Waals surface area contributed by atoms with Crippen molar-refractivity contribution in [1.82, 2.24) is 14.9 Å².